The summed E-state index contributed by atoms with van der Waals surface area (Å²) in [5.74, 6) is -0.872. The van der Waals surface area contributed by atoms with Crippen molar-refractivity contribution in [1.82, 2.24) is 4.98 Å². The van der Waals surface area contributed by atoms with E-state index in [-0.39, 0.29) is 22.4 Å². The number of anilines is 1. The zero-order valence-corrected chi connectivity index (χ0v) is 18.1. The van der Waals surface area contributed by atoms with E-state index in [9.17, 15) is 17.6 Å². The van der Waals surface area contributed by atoms with E-state index in [0.29, 0.717) is 28.5 Å². The number of aliphatic carboxylic acids is 1. The first-order valence-corrected chi connectivity index (χ1v) is 12.3. The Balaban J connectivity index is 1.72. The lowest BCUT2D eigenvalue weighted by atomic mass is 10.2. The Bertz CT molecular complexity index is 1210. The highest BCUT2D eigenvalue weighted by Crippen LogP contribution is 2.34. The summed E-state index contributed by atoms with van der Waals surface area (Å²) in [6.45, 7) is -0.715. The lowest BCUT2D eigenvalue weighted by Crippen LogP contribution is -2.32. The fourth-order valence-corrected chi connectivity index (χ4v) is 6.93. The number of nitrogens with zero attached hydrogens (tertiary/aromatic N) is 2. The van der Waals surface area contributed by atoms with Crippen molar-refractivity contribution in [2.24, 2.45) is 4.99 Å². The van der Waals surface area contributed by atoms with E-state index in [4.69, 9.17) is 5.11 Å². The Hall–Kier alpha value is -2.37. The van der Waals surface area contributed by atoms with Gasteiger partial charge in [-0.25, -0.2) is 12.8 Å². The number of thioether (sulfide) groups is 1. The summed E-state index contributed by atoms with van der Waals surface area (Å²) in [6, 6.07) is 10.2. The third kappa shape index (κ3) is 3.96. The van der Waals surface area contributed by atoms with E-state index in [1.54, 1.807) is 23.6 Å². The van der Waals surface area contributed by atoms with Crippen LogP contribution in [-0.2, 0) is 14.8 Å². The predicted octanol–water partition coefficient (Wildman–Crippen LogP) is 3.73. The number of aromatic nitrogens is 1. The van der Waals surface area contributed by atoms with Gasteiger partial charge in [0.05, 0.1) is 36.4 Å². The first-order valence-electron chi connectivity index (χ1n) is 9.07. The summed E-state index contributed by atoms with van der Waals surface area (Å²) in [7, 11) is -3.91. The maximum atomic E-state index is 13.3. The summed E-state index contributed by atoms with van der Waals surface area (Å²) in [4.78, 5) is 18.6. The van der Waals surface area contributed by atoms with Crippen LogP contribution in [0.3, 0.4) is 0 Å². The number of fused-ring (bicyclic) bond motifs is 1. The number of aromatic amines is 1. The average molecular weight is 468 g/mol. The van der Waals surface area contributed by atoms with Gasteiger partial charge in [-0.2, -0.15) is 0 Å². The normalized spacial score (nSPS) is 16.7. The van der Waals surface area contributed by atoms with Gasteiger partial charge in [0.2, 0.25) is 0 Å². The largest absolute Gasteiger partial charge is 0.481 e. The second-order valence-corrected chi connectivity index (χ2v) is 10.9. The molecule has 0 radical (unpaired) electrons. The molecule has 1 aliphatic heterocycles. The Labute approximate surface area is 180 Å². The molecule has 0 amide bonds. The molecule has 2 N–H and O–H groups in total. The molecule has 11 heteroatoms. The zero-order valence-electron chi connectivity index (χ0n) is 15.6. The Morgan fingerprint density at radius 3 is 2.87 bits per heavy atom. The molecule has 1 unspecified atom stereocenters. The second kappa shape index (κ2) is 8.40. The van der Waals surface area contributed by atoms with E-state index in [1.165, 1.54) is 17.8 Å². The summed E-state index contributed by atoms with van der Waals surface area (Å²) in [6.07, 6.45) is 0.0203. The summed E-state index contributed by atoms with van der Waals surface area (Å²) < 4.78 is 40.8. The van der Waals surface area contributed by atoms with E-state index in [1.807, 2.05) is 12.1 Å². The number of sulfonamides is 1. The Kier molecular flexibility index (Phi) is 5.85. The highest BCUT2D eigenvalue weighted by molar-refractivity contribution is 8.15. The van der Waals surface area contributed by atoms with Crippen LogP contribution in [-0.4, -0.2) is 54.5 Å². The van der Waals surface area contributed by atoms with Crippen molar-refractivity contribution in [3.8, 4) is 0 Å². The fourth-order valence-electron chi connectivity index (χ4n) is 3.30. The molecular weight excluding hydrogens is 449 g/mol. The number of nitrogens with one attached hydrogen (secondary N) is 1. The number of alkyl halides is 1. The third-order valence-electron chi connectivity index (χ3n) is 4.58. The van der Waals surface area contributed by atoms with Crippen molar-refractivity contribution < 1.29 is 22.7 Å². The number of aliphatic imine (C=N–C) groups is 1. The van der Waals surface area contributed by atoms with E-state index in [0.717, 1.165) is 21.0 Å². The number of thiophene rings is 1. The molecule has 7 nitrogen and oxygen atoms in total. The number of carboxylic acid groups (broad SMARTS) is 1. The zero-order chi connectivity index (χ0) is 21.3. The molecule has 2 aromatic heterocycles. The van der Waals surface area contributed by atoms with Crippen LogP contribution in [0.25, 0.3) is 10.9 Å². The van der Waals surface area contributed by atoms with E-state index in [2.05, 4.69) is 9.98 Å². The number of H-pyrrole nitrogens is 1. The highest BCUT2D eigenvalue weighted by Gasteiger charge is 2.29. The van der Waals surface area contributed by atoms with Gasteiger partial charge in [0.15, 0.2) is 0 Å². The molecule has 0 bridgehead atoms. The van der Waals surface area contributed by atoms with Gasteiger partial charge in [-0.3, -0.25) is 14.1 Å². The van der Waals surface area contributed by atoms with Crippen molar-refractivity contribution in [2.45, 2.75) is 15.9 Å². The number of carbonyl (C=O) groups is 1. The first kappa shape index (κ1) is 20.9. The van der Waals surface area contributed by atoms with E-state index < -0.39 is 22.7 Å². The van der Waals surface area contributed by atoms with Gasteiger partial charge < -0.3 is 10.1 Å². The maximum absolute atomic E-state index is 13.3. The molecule has 158 valence electrons. The topological polar surface area (TPSA) is 103 Å². The van der Waals surface area contributed by atoms with Gasteiger partial charge in [0.1, 0.15) is 15.9 Å². The van der Waals surface area contributed by atoms with Crippen LogP contribution in [0.15, 0.2) is 51.0 Å². The molecule has 3 heterocycles. The average Bonchev–Trinajstić information content (AvgIpc) is 3.44. The monoisotopic (exact) mass is 467 g/mol. The van der Waals surface area contributed by atoms with Crippen molar-refractivity contribution in [3.05, 3.63) is 47.5 Å². The first-order chi connectivity index (χ1) is 14.4. The van der Waals surface area contributed by atoms with Crippen LogP contribution in [0.5, 0.6) is 0 Å². The maximum Gasteiger partial charge on any atom is 0.304 e. The number of rotatable bonds is 8. The fraction of sp³-hybridized carbons (Fsp3) is 0.263. The minimum Gasteiger partial charge on any atom is -0.481 e. The van der Waals surface area contributed by atoms with Gasteiger partial charge >= 0.3 is 5.97 Å². The molecule has 1 atom stereocenters. The van der Waals surface area contributed by atoms with Crippen LogP contribution < -0.4 is 4.31 Å². The van der Waals surface area contributed by atoms with Crippen LogP contribution in [0, 0.1) is 0 Å². The van der Waals surface area contributed by atoms with Crippen molar-refractivity contribution in [2.75, 3.05) is 24.1 Å². The van der Waals surface area contributed by atoms with Gasteiger partial charge in [-0.05, 0) is 23.6 Å². The van der Waals surface area contributed by atoms with Crippen molar-refractivity contribution in [3.63, 3.8) is 0 Å². The number of hydrogen-bond acceptors (Lipinski definition) is 6. The molecular formula is C19H18FN3O4S3. The number of halogens is 1. The molecule has 0 fully saturated rings. The van der Waals surface area contributed by atoms with Gasteiger partial charge in [0, 0.05) is 10.6 Å². The van der Waals surface area contributed by atoms with Crippen LogP contribution in [0.2, 0.25) is 0 Å². The van der Waals surface area contributed by atoms with Crippen molar-refractivity contribution in [1.29, 1.82) is 0 Å². The lowest BCUT2D eigenvalue weighted by molar-refractivity contribution is -0.136. The van der Waals surface area contributed by atoms with Crippen molar-refractivity contribution >= 4 is 60.7 Å². The molecule has 0 aliphatic carbocycles. The summed E-state index contributed by atoms with van der Waals surface area (Å²) in [5, 5.41) is 12.0. The summed E-state index contributed by atoms with van der Waals surface area (Å²) >= 11 is 2.47. The molecule has 30 heavy (non-hydrogen) atoms. The smallest absolute Gasteiger partial charge is 0.304 e. The lowest BCUT2D eigenvalue weighted by Gasteiger charge is -2.23. The van der Waals surface area contributed by atoms with Gasteiger partial charge in [-0.15, -0.1) is 11.3 Å². The van der Waals surface area contributed by atoms with Crippen LogP contribution in [0.4, 0.5) is 10.1 Å². The highest BCUT2D eigenvalue weighted by atomic mass is 32.2. The third-order valence-corrected chi connectivity index (χ3v) is 8.99. The molecule has 1 aromatic carbocycles. The molecule has 0 saturated carbocycles. The molecule has 0 spiro atoms. The minimum atomic E-state index is -3.91. The van der Waals surface area contributed by atoms with Crippen LogP contribution in [0.1, 0.15) is 12.1 Å². The molecule has 3 aromatic rings. The molecule has 1 aliphatic rings. The predicted molar refractivity (Wildman–Crippen MR) is 118 cm³/mol. The quantitative estimate of drug-likeness (QED) is 0.526. The Morgan fingerprint density at radius 1 is 1.33 bits per heavy atom. The van der Waals surface area contributed by atoms with Gasteiger partial charge in [-0.1, -0.05) is 30.0 Å². The number of carboxylic acids is 1. The van der Waals surface area contributed by atoms with E-state index >= 15 is 0 Å². The minimum absolute atomic E-state index is 0.0203. The van der Waals surface area contributed by atoms with Gasteiger partial charge in [0.25, 0.3) is 10.0 Å². The number of hydrogen-bond donors (Lipinski definition) is 2. The SMILES string of the molecule is O=C(O)CC1CN=C(c2cc3cccc(N(CCF)S(=O)(=O)c4cccs4)c3[nH]2)S1. The number of para-hydroxylation sites is 1. The molecule has 4 rings (SSSR count). The second-order valence-electron chi connectivity index (χ2n) is 6.61. The molecule has 0 saturated heterocycles. The number of benzene rings is 1. The van der Waals surface area contributed by atoms with Crippen LogP contribution >= 0.6 is 23.1 Å². The standard InChI is InChI=1S/C19H18FN3O4S3/c20-6-7-23(30(26,27)17-5-2-8-28-17)15-4-1-3-12-9-14(22-18(12)15)19-21-11-13(29-19)10-16(24)25/h1-5,8-9,13,22H,6-7,10-11H2,(H,24,25). The Morgan fingerprint density at radius 2 is 2.17 bits per heavy atom. The summed E-state index contributed by atoms with van der Waals surface area (Å²) in [5.41, 5.74) is 1.60.